The van der Waals surface area contributed by atoms with E-state index in [0.717, 1.165) is 0 Å². The minimum absolute atomic E-state index is 0.162. The lowest BCUT2D eigenvalue weighted by atomic mass is 10.0. The lowest BCUT2D eigenvalue weighted by Gasteiger charge is -2.29. The molecule has 0 aromatic heterocycles. The summed E-state index contributed by atoms with van der Waals surface area (Å²) in [6.07, 6.45) is -8.69. The molecule has 1 rings (SSSR count). The molecule has 0 saturated carbocycles. The summed E-state index contributed by atoms with van der Waals surface area (Å²) < 4.78 is 72.1. The lowest BCUT2D eigenvalue weighted by molar-refractivity contribution is -0.173. The second kappa shape index (κ2) is 11.0. The van der Waals surface area contributed by atoms with Crippen LogP contribution in [-0.4, -0.2) is 61.2 Å². The summed E-state index contributed by atoms with van der Waals surface area (Å²) in [7, 11) is 0. The smallest absolute Gasteiger partial charge is 0.348 e. The highest BCUT2D eigenvalue weighted by Crippen LogP contribution is 2.15. The number of unbranched alkanes of at least 4 members (excludes halogenated alkanes) is 2. The first-order chi connectivity index (χ1) is 13.8. The van der Waals surface area contributed by atoms with Crippen LogP contribution in [0, 0.1) is 0 Å². The van der Waals surface area contributed by atoms with Crippen molar-refractivity contribution in [2.24, 2.45) is 0 Å². The molecule has 1 aliphatic rings. The molecule has 0 aromatic rings. The van der Waals surface area contributed by atoms with Crippen LogP contribution in [0.15, 0.2) is 0 Å². The van der Waals surface area contributed by atoms with Crippen LogP contribution in [-0.2, 0) is 19.2 Å². The Kier molecular flexibility index (Phi) is 9.36. The maximum absolute atomic E-state index is 12.0. The molecule has 0 unspecified atom stereocenters. The van der Waals surface area contributed by atoms with Crippen LogP contribution >= 0.6 is 0 Å². The van der Waals surface area contributed by atoms with Gasteiger partial charge >= 0.3 is 24.2 Å². The first-order valence-electron chi connectivity index (χ1n) is 9.13. The Hall–Kier alpha value is -2.54. The number of amides is 4. The van der Waals surface area contributed by atoms with Gasteiger partial charge in [-0.15, -0.1) is 0 Å². The highest BCUT2D eigenvalue weighted by atomic mass is 19.4. The van der Waals surface area contributed by atoms with Gasteiger partial charge in [-0.3, -0.25) is 19.2 Å². The molecule has 0 radical (unpaired) electrons. The number of hydrogen-bond donors (Lipinski definition) is 4. The summed E-state index contributed by atoms with van der Waals surface area (Å²) in [6, 6.07) is -1.73. The molecule has 172 valence electrons. The van der Waals surface area contributed by atoms with Crippen LogP contribution in [0.4, 0.5) is 26.3 Å². The van der Waals surface area contributed by atoms with Crippen molar-refractivity contribution < 1.29 is 45.5 Å². The van der Waals surface area contributed by atoms with Crippen molar-refractivity contribution in [1.82, 2.24) is 21.3 Å². The minimum atomic E-state index is -4.96. The number of carbonyl (C=O) groups is 4. The van der Waals surface area contributed by atoms with Gasteiger partial charge in [0.05, 0.1) is 0 Å². The third-order valence-corrected chi connectivity index (χ3v) is 4.19. The van der Waals surface area contributed by atoms with Crippen LogP contribution in [0.2, 0.25) is 0 Å². The summed E-state index contributed by atoms with van der Waals surface area (Å²) >= 11 is 0. The minimum Gasteiger partial charge on any atom is -0.348 e. The summed E-state index contributed by atoms with van der Waals surface area (Å²) in [4.78, 5) is 45.3. The Morgan fingerprint density at radius 3 is 1.33 bits per heavy atom. The molecular formula is C16H22F6N4O4. The van der Waals surface area contributed by atoms with E-state index in [4.69, 9.17) is 0 Å². The average Bonchev–Trinajstić information content (AvgIpc) is 2.62. The van der Waals surface area contributed by atoms with E-state index in [1.807, 2.05) is 0 Å². The SMILES string of the molecule is O=C1N[C@@H](CCCCNC(=O)C(F)(F)F)C(=O)N[C@H]1CCCCNC(=O)C(F)(F)F. The van der Waals surface area contributed by atoms with Crippen molar-refractivity contribution in [2.45, 2.75) is 63.0 Å². The normalized spacial score (nSPS) is 19.7. The van der Waals surface area contributed by atoms with E-state index in [-0.39, 0.29) is 51.6 Å². The van der Waals surface area contributed by atoms with Gasteiger partial charge in [0.25, 0.3) is 0 Å². The van der Waals surface area contributed by atoms with E-state index in [0.29, 0.717) is 0 Å². The number of hydrogen-bond acceptors (Lipinski definition) is 4. The number of alkyl halides is 6. The first kappa shape index (κ1) is 25.5. The van der Waals surface area contributed by atoms with Crippen molar-refractivity contribution in [3.05, 3.63) is 0 Å². The van der Waals surface area contributed by atoms with Gasteiger partial charge in [-0.2, -0.15) is 26.3 Å². The third kappa shape index (κ3) is 8.86. The molecule has 0 bridgehead atoms. The van der Waals surface area contributed by atoms with E-state index in [2.05, 4.69) is 10.6 Å². The first-order valence-corrected chi connectivity index (χ1v) is 9.13. The molecule has 1 aliphatic heterocycles. The van der Waals surface area contributed by atoms with E-state index < -0.39 is 48.1 Å². The van der Waals surface area contributed by atoms with E-state index in [1.165, 1.54) is 0 Å². The largest absolute Gasteiger partial charge is 0.471 e. The molecule has 1 fully saturated rings. The second-order valence-electron chi connectivity index (χ2n) is 6.62. The Morgan fingerprint density at radius 1 is 0.700 bits per heavy atom. The summed E-state index contributed by atoms with van der Waals surface area (Å²) in [5.74, 6) is -5.06. The zero-order chi connectivity index (χ0) is 22.9. The Labute approximate surface area is 167 Å². The molecule has 1 heterocycles. The molecule has 1 saturated heterocycles. The van der Waals surface area contributed by atoms with E-state index in [1.54, 1.807) is 10.6 Å². The zero-order valence-corrected chi connectivity index (χ0v) is 15.7. The molecule has 4 amide bonds. The zero-order valence-electron chi connectivity index (χ0n) is 15.7. The van der Waals surface area contributed by atoms with Crippen molar-refractivity contribution in [1.29, 1.82) is 0 Å². The number of carbonyl (C=O) groups excluding carboxylic acids is 4. The van der Waals surface area contributed by atoms with Gasteiger partial charge in [-0.05, 0) is 38.5 Å². The molecule has 0 aliphatic carbocycles. The molecule has 0 spiro atoms. The van der Waals surface area contributed by atoms with Crippen molar-refractivity contribution in [2.75, 3.05) is 13.1 Å². The van der Waals surface area contributed by atoms with Gasteiger partial charge in [-0.1, -0.05) is 0 Å². The van der Waals surface area contributed by atoms with Gasteiger partial charge < -0.3 is 21.3 Å². The molecule has 14 heteroatoms. The van der Waals surface area contributed by atoms with Crippen LogP contribution < -0.4 is 21.3 Å². The molecule has 8 nitrogen and oxygen atoms in total. The molecule has 2 atom stereocenters. The van der Waals surface area contributed by atoms with Crippen LogP contribution in [0.5, 0.6) is 0 Å². The van der Waals surface area contributed by atoms with Crippen LogP contribution in [0.3, 0.4) is 0 Å². The topological polar surface area (TPSA) is 116 Å². The maximum Gasteiger partial charge on any atom is 0.471 e. The average molecular weight is 448 g/mol. The number of halogens is 6. The molecular weight excluding hydrogens is 426 g/mol. The van der Waals surface area contributed by atoms with Crippen LogP contribution in [0.1, 0.15) is 38.5 Å². The predicted molar refractivity (Wildman–Crippen MR) is 89.7 cm³/mol. The summed E-state index contributed by atoms with van der Waals surface area (Å²) in [5, 5.41) is 8.36. The number of nitrogens with one attached hydrogen (secondary N) is 4. The lowest BCUT2D eigenvalue weighted by Crippen LogP contribution is -2.61. The van der Waals surface area contributed by atoms with Crippen molar-refractivity contribution in [3.8, 4) is 0 Å². The highest BCUT2D eigenvalue weighted by molar-refractivity contribution is 5.96. The van der Waals surface area contributed by atoms with Crippen LogP contribution in [0.25, 0.3) is 0 Å². The van der Waals surface area contributed by atoms with Crippen molar-refractivity contribution in [3.63, 3.8) is 0 Å². The Morgan fingerprint density at radius 2 is 1.03 bits per heavy atom. The maximum atomic E-state index is 12.0. The predicted octanol–water partition coefficient (Wildman–Crippen LogP) is 0.667. The number of rotatable bonds is 10. The van der Waals surface area contributed by atoms with Gasteiger partial charge in [0.15, 0.2) is 0 Å². The molecule has 0 aromatic carbocycles. The standard InChI is InChI=1S/C16H22F6N4O4/c17-15(18,19)13(29)23-7-3-1-5-9-11(27)26-10(12(28)25-9)6-2-4-8-24-14(30)16(20,21)22/h9-10H,1-8H2,(H,23,29)(H,24,30)(H,25,28)(H,26,27)/t9-,10-/m0/s1. The number of piperazine rings is 1. The fraction of sp³-hybridized carbons (Fsp3) is 0.750. The quantitative estimate of drug-likeness (QED) is 0.290. The monoisotopic (exact) mass is 448 g/mol. The van der Waals surface area contributed by atoms with Gasteiger partial charge in [0, 0.05) is 13.1 Å². The van der Waals surface area contributed by atoms with Gasteiger partial charge in [0.2, 0.25) is 11.8 Å². The molecule has 4 N–H and O–H groups in total. The summed E-state index contributed by atoms with van der Waals surface area (Å²) in [5.41, 5.74) is 0. The highest BCUT2D eigenvalue weighted by Gasteiger charge is 2.39. The third-order valence-electron chi connectivity index (χ3n) is 4.19. The second-order valence-corrected chi connectivity index (χ2v) is 6.62. The van der Waals surface area contributed by atoms with Gasteiger partial charge in [-0.25, -0.2) is 0 Å². The van der Waals surface area contributed by atoms with Crippen molar-refractivity contribution >= 4 is 23.6 Å². The van der Waals surface area contributed by atoms with Gasteiger partial charge in [0.1, 0.15) is 12.1 Å². The molecule has 30 heavy (non-hydrogen) atoms. The fourth-order valence-corrected chi connectivity index (χ4v) is 2.63. The Balaban J connectivity index is 2.22. The summed E-state index contributed by atoms with van der Waals surface area (Å²) in [6.45, 7) is -0.456. The Bertz CT molecular complexity index is 584. The fourth-order valence-electron chi connectivity index (χ4n) is 2.63. The van der Waals surface area contributed by atoms with E-state index >= 15 is 0 Å². The van der Waals surface area contributed by atoms with E-state index in [9.17, 15) is 45.5 Å².